The van der Waals surface area contributed by atoms with E-state index < -0.39 is 0 Å². The summed E-state index contributed by atoms with van der Waals surface area (Å²) in [6, 6.07) is 70.9. The van der Waals surface area contributed by atoms with Crippen LogP contribution in [0.15, 0.2) is 199 Å². The summed E-state index contributed by atoms with van der Waals surface area (Å²) in [6.07, 6.45) is 0. The van der Waals surface area contributed by atoms with Gasteiger partial charge >= 0.3 is 0 Å². The van der Waals surface area contributed by atoms with Gasteiger partial charge in [-0.2, -0.15) is 0 Å². The van der Waals surface area contributed by atoms with Crippen LogP contribution in [0.25, 0.3) is 119 Å². The molecule has 12 rings (SSSR count). The molecule has 0 unspecified atom stereocenters. The van der Waals surface area contributed by atoms with E-state index in [1.807, 2.05) is 17.4 Å². The minimum Gasteiger partial charge on any atom is -0.456 e. The van der Waals surface area contributed by atoms with Gasteiger partial charge in [0.05, 0.1) is 0 Å². The number of para-hydroxylation sites is 1. The molecule has 1 nitrogen and oxygen atoms in total. The molecule has 0 bridgehead atoms. The van der Waals surface area contributed by atoms with Gasteiger partial charge in [0.1, 0.15) is 11.2 Å². The zero-order valence-corrected chi connectivity index (χ0v) is 31.1. The van der Waals surface area contributed by atoms with Gasteiger partial charge in [-0.15, -0.1) is 11.3 Å². The number of hydrogen-bond donors (Lipinski definition) is 0. The zero-order valence-electron chi connectivity index (χ0n) is 30.3. The van der Waals surface area contributed by atoms with Crippen molar-refractivity contribution in [2.75, 3.05) is 0 Å². The molecule has 56 heavy (non-hydrogen) atoms. The summed E-state index contributed by atoms with van der Waals surface area (Å²) in [5.41, 5.74) is 11.8. The average Bonchev–Trinajstić information content (AvgIpc) is 3.83. The van der Waals surface area contributed by atoms with E-state index in [2.05, 4.69) is 188 Å². The van der Waals surface area contributed by atoms with Crippen LogP contribution in [-0.4, -0.2) is 0 Å². The monoisotopic (exact) mass is 728 g/mol. The van der Waals surface area contributed by atoms with Gasteiger partial charge in [-0.1, -0.05) is 170 Å². The van der Waals surface area contributed by atoms with Crippen LogP contribution in [0.3, 0.4) is 0 Å². The van der Waals surface area contributed by atoms with Crippen LogP contribution in [0.4, 0.5) is 0 Å². The molecule has 260 valence electrons. The molecule has 12 aromatic rings. The normalized spacial score (nSPS) is 11.9. The fourth-order valence-corrected chi connectivity index (χ4v) is 10.5. The number of rotatable bonds is 4. The molecule has 2 heterocycles. The largest absolute Gasteiger partial charge is 0.456 e. The predicted molar refractivity (Wildman–Crippen MR) is 241 cm³/mol. The Kier molecular flexibility index (Phi) is 6.87. The second-order valence-corrected chi connectivity index (χ2v) is 15.8. The van der Waals surface area contributed by atoms with E-state index in [4.69, 9.17) is 4.42 Å². The molecule has 0 aliphatic carbocycles. The molecule has 0 aliphatic rings. The van der Waals surface area contributed by atoms with Crippen molar-refractivity contribution in [3.05, 3.63) is 194 Å². The highest BCUT2D eigenvalue weighted by Crippen LogP contribution is 2.49. The quantitative estimate of drug-likeness (QED) is 0.165. The fraction of sp³-hybridized carbons (Fsp3) is 0. The number of thiophene rings is 1. The lowest BCUT2D eigenvalue weighted by atomic mass is 9.85. The summed E-state index contributed by atoms with van der Waals surface area (Å²) in [6.45, 7) is 0. The molecule has 0 radical (unpaired) electrons. The van der Waals surface area contributed by atoms with Crippen LogP contribution in [0.5, 0.6) is 0 Å². The highest BCUT2D eigenvalue weighted by Gasteiger charge is 2.21. The van der Waals surface area contributed by atoms with Crippen LogP contribution < -0.4 is 0 Å². The highest BCUT2D eigenvalue weighted by molar-refractivity contribution is 7.26. The molecule has 0 fully saturated rings. The maximum Gasteiger partial charge on any atom is 0.136 e. The lowest BCUT2D eigenvalue weighted by Gasteiger charge is -2.18. The second-order valence-electron chi connectivity index (χ2n) is 14.7. The van der Waals surface area contributed by atoms with Gasteiger partial charge in [0, 0.05) is 36.5 Å². The first-order valence-electron chi connectivity index (χ1n) is 19.2. The molecular formula is C54H32OS. The van der Waals surface area contributed by atoms with Gasteiger partial charge in [0.2, 0.25) is 0 Å². The first-order valence-corrected chi connectivity index (χ1v) is 20.0. The molecule has 0 spiro atoms. The first-order chi connectivity index (χ1) is 27.8. The standard InChI is InChI=1S/C54H32OS/c1-2-12-33(13-3-1)34-22-24-35(25-23-34)49-40-16-6-8-18-42(40)50(43-19-9-7-17-41(43)49)36-26-28-37(29-27-36)51-39-15-5-4-14-38(39)32-45-53-48(56-54(45)51)31-30-47-52(53)44-20-10-11-21-46(44)55-47/h1-32H. The van der Waals surface area contributed by atoms with Crippen molar-refractivity contribution in [2.24, 2.45) is 0 Å². The van der Waals surface area contributed by atoms with Gasteiger partial charge in [-0.3, -0.25) is 0 Å². The summed E-state index contributed by atoms with van der Waals surface area (Å²) in [5.74, 6) is 0. The van der Waals surface area contributed by atoms with Gasteiger partial charge in [0.25, 0.3) is 0 Å². The van der Waals surface area contributed by atoms with Crippen molar-refractivity contribution < 1.29 is 4.42 Å². The molecule has 0 saturated carbocycles. The molecule has 10 aromatic carbocycles. The summed E-state index contributed by atoms with van der Waals surface area (Å²) in [5, 5.41) is 12.5. The molecule has 0 atom stereocenters. The third-order valence-electron chi connectivity index (χ3n) is 11.7. The zero-order chi connectivity index (χ0) is 36.7. The lowest BCUT2D eigenvalue weighted by molar-refractivity contribution is 0.669. The molecule has 0 aliphatic heterocycles. The molecule has 2 aromatic heterocycles. The Bertz CT molecular complexity index is 3440. The second kappa shape index (κ2) is 12.3. The van der Waals surface area contributed by atoms with Crippen molar-refractivity contribution in [2.45, 2.75) is 0 Å². The Hall–Kier alpha value is -7.00. The predicted octanol–water partition coefficient (Wildman–Crippen LogP) is 16.1. The molecule has 0 N–H and O–H groups in total. The van der Waals surface area contributed by atoms with Crippen molar-refractivity contribution in [1.82, 2.24) is 0 Å². The fourth-order valence-electron chi connectivity index (χ4n) is 9.18. The third-order valence-corrected chi connectivity index (χ3v) is 12.9. The van der Waals surface area contributed by atoms with Crippen LogP contribution in [0.2, 0.25) is 0 Å². The summed E-state index contributed by atoms with van der Waals surface area (Å²) in [7, 11) is 0. The number of furan rings is 1. The minimum absolute atomic E-state index is 0.931. The van der Waals surface area contributed by atoms with E-state index in [9.17, 15) is 0 Å². The summed E-state index contributed by atoms with van der Waals surface area (Å²) >= 11 is 1.89. The smallest absolute Gasteiger partial charge is 0.136 e. The van der Waals surface area contributed by atoms with E-state index in [1.54, 1.807) is 0 Å². The van der Waals surface area contributed by atoms with Gasteiger partial charge in [-0.05, 0) is 95.5 Å². The van der Waals surface area contributed by atoms with Gasteiger partial charge in [-0.25, -0.2) is 0 Å². The highest BCUT2D eigenvalue weighted by atomic mass is 32.1. The first kappa shape index (κ1) is 31.4. The van der Waals surface area contributed by atoms with Crippen LogP contribution in [0.1, 0.15) is 0 Å². The molecule has 2 heteroatoms. The van der Waals surface area contributed by atoms with Crippen molar-refractivity contribution >= 4 is 85.8 Å². The maximum atomic E-state index is 6.36. The van der Waals surface area contributed by atoms with Crippen LogP contribution >= 0.6 is 11.3 Å². The number of hydrogen-bond acceptors (Lipinski definition) is 2. The van der Waals surface area contributed by atoms with E-state index in [0.29, 0.717) is 0 Å². The number of benzene rings is 10. The van der Waals surface area contributed by atoms with Crippen LogP contribution in [0, 0.1) is 0 Å². The Balaban J connectivity index is 1.05. The van der Waals surface area contributed by atoms with Gasteiger partial charge < -0.3 is 4.42 Å². The Morgan fingerprint density at radius 1 is 0.304 bits per heavy atom. The third kappa shape index (κ3) is 4.67. The Labute approximate surface area is 327 Å². The molecular weight excluding hydrogens is 697 g/mol. The van der Waals surface area contributed by atoms with Crippen LogP contribution in [-0.2, 0) is 0 Å². The van der Waals surface area contributed by atoms with Crippen molar-refractivity contribution in [1.29, 1.82) is 0 Å². The maximum absolute atomic E-state index is 6.36. The topological polar surface area (TPSA) is 13.1 Å². The summed E-state index contributed by atoms with van der Waals surface area (Å²) in [4.78, 5) is 0. The van der Waals surface area contributed by atoms with Crippen molar-refractivity contribution in [3.63, 3.8) is 0 Å². The molecule has 0 saturated heterocycles. The number of fused-ring (bicyclic) bond motifs is 10. The van der Waals surface area contributed by atoms with E-state index in [-0.39, 0.29) is 0 Å². The van der Waals surface area contributed by atoms with Gasteiger partial charge in [0.15, 0.2) is 0 Å². The minimum atomic E-state index is 0.931. The van der Waals surface area contributed by atoms with E-state index in [0.717, 1.165) is 11.2 Å². The van der Waals surface area contributed by atoms with E-state index >= 15 is 0 Å². The molecule has 0 amide bonds. The van der Waals surface area contributed by atoms with Crippen molar-refractivity contribution in [3.8, 4) is 44.5 Å². The Morgan fingerprint density at radius 2 is 0.786 bits per heavy atom. The Morgan fingerprint density at radius 3 is 1.41 bits per heavy atom. The lowest BCUT2D eigenvalue weighted by Crippen LogP contribution is -1.91. The SMILES string of the molecule is c1ccc(-c2ccc(-c3c4ccccc4c(-c4ccc(-c5c6ccccc6cc6c5sc5ccc7oc8ccccc8c7c56)cc4)c4ccccc34)cc2)cc1. The average molecular weight is 729 g/mol. The van der Waals surface area contributed by atoms with E-state index in [1.165, 1.54) is 108 Å². The summed E-state index contributed by atoms with van der Waals surface area (Å²) < 4.78 is 8.94.